The summed E-state index contributed by atoms with van der Waals surface area (Å²) >= 11 is 6.35. The van der Waals surface area contributed by atoms with Crippen LogP contribution >= 0.6 is 11.6 Å². The van der Waals surface area contributed by atoms with E-state index in [0.29, 0.717) is 22.1 Å². The molecule has 31 heavy (non-hydrogen) atoms. The molecule has 0 saturated heterocycles. The zero-order valence-electron chi connectivity index (χ0n) is 16.5. The number of fused-ring (bicyclic) bond motifs is 1. The molecule has 0 aliphatic carbocycles. The fourth-order valence-electron chi connectivity index (χ4n) is 3.16. The molecule has 2 N–H and O–H groups in total. The first-order valence-corrected chi connectivity index (χ1v) is 10.1. The summed E-state index contributed by atoms with van der Waals surface area (Å²) in [6, 6.07) is 4.94. The molecule has 2 aromatic rings. The van der Waals surface area contributed by atoms with Crippen LogP contribution in [0.1, 0.15) is 31.5 Å². The van der Waals surface area contributed by atoms with Crippen molar-refractivity contribution in [3.05, 3.63) is 29.0 Å². The third kappa shape index (κ3) is 6.58. The van der Waals surface area contributed by atoms with Crippen LogP contribution in [0.4, 0.5) is 23.7 Å². The lowest BCUT2D eigenvalue weighted by Gasteiger charge is -2.11. The number of benzene rings is 1. The SMILES string of the molecule is O=C(CCNC(=O)OCC(F)(F)F)Nc1ccc(Cl)c(-c2nnc3n2CCCCC3)c1. The Kier molecular flexibility index (Phi) is 7.37. The number of aryl methyl sites for hydroxylation is 1. The summed E-state index contributed by atoms with van der Waals surface area (Å²) in [6.45, 7) is -1.08. The molecule has 0 atom stereocenters. The smallest absolute Gasteiger partial charge is 0.422 e. The van der Waals surface area contributed by atoms with Gasteiger partial charge in [0.1, 0.15) is 5.82 Å². The third-order valence-electron chi connectivity index (χ3n) is 4.59. The number of carbonyl (C=O) groups excluding carboxylic acids is 2. The summed E-state index contributed by atoms with van der Waals surface area (Å²) in [4.78, 5) is 23.3. The molecule has 0 saturated carbocycles. The van der Waals surface area contributed by atoms with Gasteiger partial charge in [-0.1, -0.05) is 18.0 Å². The van der Waals surface area contributed by atoms with Gasteiger partial charge in [0.2, 0.25) is 5.91 Å². The minimum Gasteiger partial charge on any atom is -0.440 e. The van der Waals surface area contributed by atoms with E-state index in [4.69, 9.17) is 11.6 Å². The highest BCUT2D eigenvalue weighted by atomic mass is 35.5. The van der Waals surface area contributed by atoms with E-state index in [9.17, 15) is 22.8 Å². The zero-order valence-corrected chi connectivity index (χ0v) is 17.2. The van der Waals surface area contributed by atoms with Crippen molar-refractivity contribution in [1.82, 2.24) is 20.1 Å². The average Bonchev–Trinajstić information content (AvgIpc) is 2.95. The van der Waals surface area contributed by atoms with E-state index in [1.807, 2.05) is 4.57 Å². The number of hydrogen-bond donors (Lipinski definition) is 2. The molecule has 12 heteroatoms. The van der Waals surface area contributed by atoms with Gasteiger partial charge in [-0.05, 0) is 31.0 Å². The Hall–Kier alpha value is -2.82. The lowest BCUT2D eigenvalue weighted by Crippen LogP contribution is -2.31. The fourth-order valence-corrected chi connectivity index (χ4v) is 3.36. The van der Waals surface area contributed by atoms with Gasteiger partial charge in [0.05, 0.1) is 5.02 Å². The molecule has 0 spiro atoms. The number of nitrogens with zero attached hydrogens (tertiary/aromatic N) is 3. The quantitative estimate of drug-likeness (QED) is 0.681. The molecule has 1 aliphatic heterocycles. The van der Waals surface area contributed by atoms with Crippen molar-refractivity contribution >= 4 is 29.3 Å². The standard InChI is InChI=1S/C19H21ClF3N5O3/c20-14-6-5-12(25-16(29)7-8-24-18(30)31-11-19(21,22)23)10-13(14)17-27-26-15-4-2-1-3-9-28(15)17/h5-6,10H,1-4,7-9,11H2,(H,24,30)(H,25,29). The van der Waals surface area contributed by atoms with Crippen molar-refractivity contribution in [1.29, 1.82) is 0 Å². The Bertz CT molecular complexity index is 948. The first-order chi connectivity index (χ1) is 14.7. The number of aromatic nitrogens is 3. The van der Waals surface area contributed by atoms with Gasteiger partial charge in [0.15, 0.2) is 12.4 Å². The number of anilines is 1. The maximum absolute atomic E-state index is 12.1. The van der Waals surface area contributed by atoms with E-state index in [2.05, 4.69) is 25.6 Å². The van der Waals surface area contributed by atoms with Crippen molar-refractivity contribution in [3.63, 3.8) is 0 Å². The minimum atomic E-state index is -4.61. The van der Waals surface area contributed by atoms with E-state index in [0.717, 1.165) is 38.1 Å². The molecule has 1 aromatic heterocycles. The summed E-state index contributed by atoms with van der Waals surface area (Å²) in [6.07, 6.45) is -1.97. The lowest BCUT2D eigenvalue weighted by molar-refractivity contribution is -0.160. The van der Waals surface area contributed by atoms with E-state index < -0.39 is 24.8 Å². The van der Waals surface area contributed by atoms with Crippen molar-refractivity contribution in [3.8, 4) is 11.4 Å². The van der Waals surface area contributed by atoms with Gasteiger partial charge in [-0.2, -0.15) is 13.2 Å². The van der Waals surface area contributed by atoms with Gasteiger partial charge < -0.3 is 19.9 Å². The summed E-state index contributed by atoms with van der Waals surface area (Å²) in [5.74, 6) is 1.10. The molecular formula is C19H21ClF3N5O3. The molecule has 1 aromatic carbocycles. The molecule has 168 valence electrons. The molecule has 0 bridgehead atoms. The van der Waals surface area contributed by atoms with Gasteiger partial charge in [0.25, 0.3) is 0 Å². The summed E-state index contributed by atoms with van der Waals surface area (Å²) in [5.41, 5.74) is 1.10. The van der Waals surface area contributed by atoms with Crippen LogP contribution in [0.2, 0.25) is 5.02 Å². The lowest BCUT2D eigenvalue weighted by atomic mass is 10.1. The van der Waals surface area contributed by atoms with Gasteiger partial charge in [-0.15, -0.1) is 10.2 Å². The predicted octanol–water partition coefficient (Wildman–Crippen LogP) is 3.94. The van der Waals surface area contributed by atoms with Crippen molar-refractivity contribution < 1.29 is 27.5 Å². The van der Waals surface area contributed by atoms with Crippen LogP contribution in [0.5, 0.6) is 0 Å². The van der Waals surface area contributed by atoms with Crippen LogP contribution in [0.25, 0.3) is 11.4 Å². The number of rotatable bonds is 6. The van der Waals surface area contributed by atoms with Crippen LogP contribution in [-0.2, 0) is 22.5 Å². The van der Waals surface area contributed by atoms with Crippen LogP contribution < -0.4 is 10.6 Å². The van der Waals surface area contributed by atoms with Crippen LogP contribution in [0.3, 0.4) is 0 Å². The number of hydrogen-bond acceptors (Lipinski definition) is 5. The molecule has 2 heterocycles. The first-order valence-electron chi connectivity index (χ1n) is 9.72. The molecule has 1 aliphatic rings. The average molecular weight is 460 g/mol. The van der Waals surface area contributed by atoms with E-state index in [-0.39, 0.29) is 13.0 Å². The maximum Gasteiger partial charge on any atom is 0.422 e. The molecule has 2 amide bonds. The number of halogens is 4. The maximum atomic E-state index is 12.1. The zero-order chi connectivity index (χ0) is 22.4. The van der Waals surface area contributed by atoms with Crippen LogP contribution in [-0.4, -0.2) is 46.1 Å². The number of nitrogens with one attached hydrogen (secondary N) is 2. The van der Waals surface area contributed by atoms with Crippen molar-refractivity contribution in [2.75, 3.05) is 18.5 Å². The predicted molar refractivity (Wildman–Crippen MR) is 107 cm³/mol. The first kappa shape index (κ1) is 22.9. The minimum absolute atomic E-state index is 0.153. The Balaban J connectivity index is 1.58. The van der Waals surface area contributed by atoms with Gasteiger partial charge in [-0.3, -0.25) is 4.79 Å². The molecule has 0 unspecified atom stereocenters. The van der Waals surface area contributed by atoms with Gasteiger partial charge in [0, 0.05) is 37.2 Å². The summed E-state index contributed by atoms with van der Waals surface area (Å²) in [7, 11) is 0. The molecular weight excluding hydrogens is 439 g/mol. The normalized spacial score (nSPS) is 13.8. The van der Waals surface area contributed by atoms with E-state index >= 15 is 0 Å². The Morgan fingerprint density at radius 2 is 2.00 bits per heavy atom. The van der Waals surface area contributed by atoms with E-state index in [1.54, 1.807) is 18.2 Å². The Labute approximate surface area is 181 Å². The van der Waals surface area contributed by atoms with Crippen molar-refractivity contribution in [2.24, 2.45) is 0 Å². The number of alkyl halides is 3. The molecule has 3 rings (SSSR count). The second-order valence-electron chi connectivity index (χ2n) is 7.01. The number of alkyl carbamates (subject to hydrolysis) is 1. The van der Waals surface area contributed by atoms with E-state index in [1.165, 1.54) is 0 Å². The van der Waals surface area contributed by atoms with Gasteiger partial charge in [-0.25, -0.2) is 4.79 Å². The van der Waals surface area contributed by atoms with Crippen molar-refractivity contribution in [2.45, 2.75) is 44.8 Å². The molecule has 0 fully saturated rings. The number of amides is 2. The topological polar surface area (TPSA) is 98.1 Å². The highest BCUT2D eigenvalue weighted by Crippen LogP contribution is 2.31. The van der Waals surface area contributed by atoms with Crippen LogP contribution in [0.15, 0.2) is 18.2 Å². The highest BCUT2D eigenvalue weighted by Gasteiger charge is 2.29. The number of ether oxygens (including phenoxy) is 1. The third-order valence-corrected chi connectivity index (χ3v) is 4.92. The molecule has 0 radical (unpaired) electrons. The summed E-state index contributed by atoms with van der Waals surface area (Å²) in [5, 5.41) is 13.7. The Morgan fingerprint density at radius 1 is 1.19 bits per heavy atom. The molecule has 8 nitrogen and oxygen atoms in total. The summed E-state index contributed by atoms with van der Waals surface area (Å²) < 4.78 is 42.0. The second-order valence-corrected chi connectivity index (χ2v) is 7.42. The highest BCUT2D eigenvalue weighted by molar-refractivity contribution is 6.33. The Morgan fingerprint density at radius 3 is 2.77 bits per heavy atom. The fraction of sp³-hybridized carbons (Fsp3) is 0.474. The largest absolute Gasteiger partial charge is 0.440 e. The second kappa shape index (κ2) is 9.99. The number of carbonyl (C=O) groups is 2. The monoisotopic (exact) mass is 459 g/mol. The van der Waals surface area contributed by atoms with Gasteiger partial charge >= 0.3 is 12.3 Å². The van der Waals surface area contributed by atoms with Crippen LogP contribution in [0, 0.1) is 0 Å².